The van der Waals surface area contributed by atoms with E-state index in [0.717, 1.165) is 25.0 Å². The molecular weight excluding hydrogens is 288 g/mol. The quantitative estimate of drug-likeness (QED) is 0.607. The van der Waals surface area contributed by atoms with Gasteiger partial charge in [-0.15, -0.1) is 0 Å². The number of carbonyl (C=O) groups excluding carboxylic acids is 2. The van der Waals surface area contributed by atoms with Crippen LogP contribution in [0.5, 0.6) is 5.75 Å². The normalized spacial score (nSPS) is 10.1. The number of phenolic OH excluding ortho intramolecular Hbond substituents is 1. The third-order valence-corrected chi connectivity index (χ3v) is 3.58. The molecule has 0 saturated carbocycles. The van der Waals surface area contributed by atoms with E-state index in [9.17, 15) is 9.59 Å². The molecule has 116 valence electrons. The van der Waals surface area contributed by atoms with Crippen LogP contribution in [-0.4, -0.2) is 42.0 Å². The van der Waals surface area contributed by atoms with Crippen LogP contribution in [0.25, 0.3) is 0 Å². The van der Waals surface area contributed by atoms with Gasteiger partial charge >= 0.3 is 0 Å². The number of benzene rings is 1. The monoisotopic (exact) mass is 310 g/mol. The van der Waals surface area contributed by atoms with Gasteiger partial charge in [-0.05, 0) is 49.1 Å². The number of unbranched alkanes of at least 4 members (excludes halogenated alkanes) is 2. The van der Waals surface area contributed by atoms with Crippen molar-refractivity contribution in [2.45, 2.75) is 19.3 Å². The van der Waals surface area contributed by atoms with E-state index in [1.54, 1.807) is 0 Å². The summed E-state index contributed by atoms with van der Waals surface area (Å²) in [5.74, 6) is 0.735. The van der Waals surface area contributed by atoms with Crippen LogP contribution in [0.2, 0.25) is 0 Å². The number of hydrogen-bond acceptors (Lipinski definition) is 4. The lowest BCUT2D eigenvalue weighted by Crippen LogP contribution is -2.37. The summed E-state index contributed by atoms with van der Waals surface area (Å²) in [7, 11) is 0. The predicted molar refractivity (Wildman–Crippen MR) is 85.7 cm³/mol. The highest BCUT2D eigenvalue weighted by Gasteiger charge is 2.07. The molecule has 0 bridgehead atoms. The molecule has 3 N–H and O–H groups in total. The first-order valence-corrected chi connectivity index (χ1v) is 8.35. The zero-order chi connectivity index (χ0) is 15.5. The van der Waals surface area contributed by atoms with Gasteiger partial charge in [0.15, 0.2) is 0 Å². The minimum absolute atomic E-state index is 0.0372. The third-order valence-electron chi connectivity index (χ3n) is 2.89. The Balaban J connectivity index is 2.15. The molecule has 1 aromatic carbocycles. The van der Waals surface area contributed by atoms with Gasteiger partial charge in [0.1, 0.15) is 5.75 Å². The molecule has 0 aromatic heterocycles. The van der Waals surface area contributed by atoms with E-state index in [2.05, 4.69) is 16.9 Å². The molecule has 6 heteroatoms. The van der Waals surface area contributed by atoms with Crippen molar-refractivity contribution in [3.63, 3.8) is 0 Å². The van der Waals surface area contributed by atoms with Gasteiger partial charge in [0.2, 0.25) is 5.91 Å². The smallest absolute Gasteiger partial charge is 0.251 e. The Morgan fingerprint density at radius 2 is 1.81 bits per heavy atom. The van der Waals surface area contributed by atoms with Crippen molar-refractivity contribution < 1.29 is 14.7 Å². The number of amides is 2. The van der Waals surface area contributed by atoms with Crippen LogP contribution in [0.4, 0.5) is 0 Å². The van der Waals surface area contributed by atoms with Crippen molar-refractivity contribution in [2.75, 3.05) is 25.1 Å². The fourth-order valence-corrected chi connectivity index (χ4v) is 2.21. The molecule has 0 aliphatic heterocycles. The van der Waals surface area contributed by atoms with Crippen LogP contribution < -0.4 is 10.6 Å². The Labute approximate surface area is 129 Å². The molecule has 5 nitrogen and oxygen atoms in total. The highest BCUT2D eigenvalue weighted by atomic mass is 32.2. The average molecular weight is 310 g/mol. The second kappa shape index (κ2) is 10.1. The molecule has 0 spiro atoms. The summed E-state index contributed by atoms with van der Waals surface area (Å²) in [6, 6.07) is 5.88. The van der Waals surface area contributed by atoms with Crippen LogP contribution in [0.3, 0.4) is 0 Å². The first-order valence-electron chi connectivity index (χ1n) is 6.96. The maximum Gasteiger partial charge on any atom is 0.251 e. The van der Waals surface area contributed by atoms with E-state index in [1.807, 2.05) is 11.8 Å². The highest BCUT2D eigenvalue weighted by Crippen LogP contribution is 2.09. The van der Waals surface area contributed by atoms with E-state index in [1.165, 1.54) is 24.3 Å². The van der Waals surface area contributed by atoms with Gasteiger partial charge in [0.25, 0.3) is 5.91 Å². The average Bonchev–Trinajstić information content (AvgIpc) is 2.49. The first kappa shape index (κ1) is 17.4. The molecule has 2 amide bonds. The second-order valence-electron chi connectivity index (χ2n) is 4.63. The Morgan fingerprint density at radius 3 is 2.48 bits per heavy atom. The maximum absolute atomic E-state index is 11.7. The second-order valence-corrected chi connectivity index (χ2v) is 5.62. The summed E-state index contributed by atoms with van der Waals surface area (Å²) < 4.78 is 0. The summed E-state index contributed by atoms with van der Waals surface area (Å²) in [6.07, 6.45) is 5.30. The van der Waals surface area contributed by atoms with Gasteiger partial charge in [-0.1, -0.05) is 6.42 Å². The van der Waals surface area contributed by atoms with Crippen molar-refractivity contribution in [3.8, 4) is 5.75 Å². The third kappa shape index (κ3) is 7.60. The zero-order valence-electron chi connectivity index (χ0n) is 12.2. The topological polar surface area (TPSA) is 78.4 Å². The molecule has 1 aromatic rings. The standard InChI is InChI=1S/C15H22N2O3S/c1-21-10-4-2-3-9-16-14(19)11-17-15(20)12-5-7-13(18)8-6-12/h5-8,18H,2-4,9-11H2,1H3,(H,16,19)(H,17,20). The summed E-state index contributed by atoms with van der Waals surface area (Å²) in [6.45, 7) is 0.604. The lowest BCUT2D eigenvalue weighted by atomic mass is 10.2. The van der Waals surface area contributed by atoms with Crippen LogP contribution >= 0.6 is 11.8 Å². The molecule has 0 aliphatic carbocycles. The fraction of sp³-hybridized carbons (Fsp3) is 0.467. The Kier molecular flexibility index (Phi) is 8.35. The summed E-state index contributed by atoms with van der Waals surface area (Å²) in [5, 5.41) is 14.5. The number of phenols is 1. The van der Waals surface area contributed by atoms with Crippen molar-refractivity contribution in [2.24, 2.45) is 0 Å². The number of aromatic hydroxyl groups is 1. The number of nitrogens with one attached hydrogen (secondary N) is 2. The van der Waals surface area contributed by atoms with Gasteiger partial charge in [0, 0.05) is 12.1 Å². The highest BCUT2D eigenvalue weighted by molar-refractivity contribution is 7.98. The molecule has 0 saturated heterocycles. The molecular formula is C15H22N2O3S. The van der Waals surface area contributed by atoms with Gasteiger partial charge in [-0.3, -0.25) is 9.59 Å². The summed E-state index contributed by atoms with van der Waals surface area (Å²) in [4.78, 5) is 23.3. The zero-order valence-corrected chi connectivity index (χ0v) is 13.0. The van der Waals surface area contributed by atoms with Gasteiger partial charge in [-0.25, -0.2) is 0 Å². The van der Waals surface area contributed by atoms with Gasteiger partial charge in [-0.2, -0.15) is 11.8 Å². The number of thioether (sulfide) groups is 1. The molecule has 0 fully saturated rings. The van der Waals surface area contributed by atoms with Crippen molar-refractivity contribution in [1.29, 1.82) is 0 Å². The largest absolute Gasteiger partial charge is 0.508 e. The Bertz CT molecular complexity index is 449. The van der Waals surface area contributed by atoms with Gasteiger partial charge < -0.3 is 15.7 Å². The molecule has 0 atom stereocenters. The van der Waals surface area contributed by atoms with E-state index in [0.29, 0.717) is 12.1 Å². The first-order chi connectivity index (χ1) is 10.1. The SMILES string of the molecule is CSCCCCCNC(=O)CNC(=O)c1ccc(O)cc1. The van der Waals surface area contributed by atoms with Crippen LogP contribution in [0, 0.1) is 0 Å². The molecule has 1 rings (SSSR count). The molecule has 0 aliphatic rings. The van der Waals surface area contributed by atoms with Crippen LogP contribution in [0.15, 0.2) is 24.3 Å². The van der Waals surface area contributed by atoms with Crippen molar-refractivity contribution in [1.82, 2.24) is 10.6 Å². The van der Waals surface area contributed by atoms with Crippen molar-refractivity contribution >= 4 is 23.6 Å². The molecule has 0 radical (unpaired) electrons. The van der Waals surface area contributed by atoms with E-state index in [-0.39, 0.29) is 24.1 Å². The van der Waals surface area contributed by atoms with Crippen LogP contribution in [0.1, 0.15) is 29.6 Å². The molecule has 0 heterocycles. The summed E-state index contributed by atoms with van der Waals surface area (Å²) >= 11 is 1.83. The summed E-state index contributed by atoms with van der Waals surface area (Å²) in [5.41, 5.74) is 0.415. The lowest BCUT2D eigenvalue weighted by molar-refractivity contribution is -0.120. The minimum Gasteiger partial charge on any atom is -0.508 e. The predicted octanol–water partition coefficient (Wildman–Crippen LogP) is 1.77. The van der Waals surface area contributed by atoms with Gasteiger partial charge in [0.05, 0.1) is 6.54 Å². The Morgan fingerprint density at radius 1 is 1.10 bits per heavy atom. The maximum atomic E-state index is 11.7. The van der Waals surface area contributed by atoms with E-state index in [4.69, 9.17) is 5.11 Å². The molecule has 0 unspecified atom stereocenters. The number of rotatable bonds is 9. The van der Waals surface area contributed by atoms with E-state index >= 15 is 0 Å². The van der Waals surface area contributed by atoms with E-state index < -0.39 is 0 Å². The number of carbonyl (C=O) groups is 2. The minimum atomic E-state index is -0.329. The number of hydrogen-bond donors (Lipinski definition) is 3. The van der Waals surface area contributed by atoms with Crippen molar-refractivity contribution in [3.05, 3.63) is 29.8 Å². The Hall–Kier alpha value is -1.69. The lowest BCUT2D eigenvalue weighted by Gasteiger charge is -2.07. The van der Waals surface area contributed by atoms with Crippen LogP contribution in [-0.2, 0) is 4.79 Å². The fourth-order valence-electron chi connectivity index (χ4n) is 1.71. The molecule has 21 heavy (non-hydrogen) atoms.